The maximum absolute atomic E-state index is 11.9. The molecule has 1 saturated heterocycles. The van der Waals surface area contributed by atoms with Gasteiger partial charge in [0.1, 0.15) is 17.5 Å². The molecule has 1 aliphatic heterocycles. The molecule has 0 bridgehead atoms. The van der Waals surface area contributed by atoms with E-state index < -0.39 is 6.04 Å². The number of carbonyl (C=O) groups excluding carboxylic acids is 2. The SMILES string of the molecule is COc1ccc(CN2C(=O)CNC(=O)C2C)c(OC)c1. The standard InChI is InChI=1S/C14H18N2O4/c1-9-14(18)15-7-13(17)16(9)8-10-4-5-11(19-2)6-12(10)20-3/h4-6,9H,7-8H2,1-3H3,(H,15,18). The summed E-state index contributed by atoms with van der Waals surface area (Å²) < 4.78 is 10.4. The fourth-order valence-electron chi connectivity index (χ4n) is 2.16. The minimum atomic E-state index is -0.483. The summed E-state index contributed by atoms with van der Waals surface area (Å²) in [5.41, 5.74) is 0.836. The van der Waals surface area contributed by atoms with E-state index in [1.165, 1.54) is 0 Å². The number of methoxy groups -OCH3 is 2. The number of ether oxygens (including phenoxy) is 2. The Morgan fingerprint density at radius 3 is 2.70 bits per heavy atom. The van der Waals surface area contributed by atoms with Crippen LogP contribution in [0.25, 0.3) is 0 Å². The Bertz CT molecular complexity index is 530. The second-order valence-corrected chi connectivity index (χ2v) is 4.59. The van der Waals surface area contributed by atoms with Crippen LogP contribution in [0.1, 0.15) is 12.5 Å². The minimum Gasteiger partial charge on any atom is -0.497 e. The van der Waals surface area contributed by atoms with Gasteiger partial charge in [-0.05, 0) is 19.1 Å². The Kier molecular flexibility index (Phi) is 4.12. The van der Waals surface area contributed by atoms with Gasteiger partial charge < -0.3 is 19.7 Å². The number of benzene rings is 1. The van der Waals surface area contributed by atoms with Gasteiger partial charge in [-0.25, -0.2) is 0 Å². The number of carbonyl (C=O) groups is 2. The molecule has 6 heteroatoms. The first-order chi connectivity index (χ1) is 9.56. The van der Waals surface area contributed by atoms with E-state index in [4.69, 9.17) is 9.47 Å². The minimum absolute atomic E-state index is 0.0433. The molecule has 20 heavy (non-hydrogen) atoms. The fraction of sp³-hybridized carbons (Fsp3) is 0.429. The molecule has 1 heterocycles. The fourth-order valence-corrected chi connectivity index (χ4v) is 2.16. The molecule has 6 nitrogen and oxygen atoms in total. The Morgan fingerprint density at radius 1 is 1.30 bits per heavy atom. The van der Waals surface area contributed by atoms with Crippen LogP contribution in [0.5, 0.6) is 11.5 Å². The topological polar surface area (TPSA) is 67.9 Å². The highest BCUT2D eigenvalue weighted by atomic mass is 16.5. The molecule has 2 amide bonds. The lowest BCUT2D eigenvalue weighted by Crippen LogP contribution is -2.56. The lowest BCUT2D eigenvalue weighted by molar-refractivity contribution is -0.145. The van der Waals surface area contributed by atoms with Gasteiger partial charge in [-0.2, -0.15) is 0 Å². The van der Waals surface area contributed by atoms with E-state index in [-0.39, 0.29) is 18.4 Å². The van der Waals surface area contributed by atoms with Crippen molar-refractivity contribution in [3.63, 3.8) is 0 Å². The molecule has 1 atom stereocenters. The molecular weight excluding hydrogens is 260 g/mol. The molecule has 2 rings (SSSR count). The smallest absolute Gasteiger partial charge is 0.242 e. The van der Waals surface area contributed by atoms with E-state index >= 15 is 0 Å². The van der Waals surface area contributed by atoms with Crippen LogP contribution < -0.4 is 14.8 Å². The van der Waals surface area contributed by atoms with Gasteiger partial charge >= 0.3 is 0 Å². The van der Waals surface area contributed by atoms with Crippen molar-refractivity contribution in [3.05, 3.63) is 23.8 Å². The van der Waals surface area contributed by atoms with Crippen LogP contribution >= 0.6 is 0 Å². The number of hydrogen-bond donors (Lipinski definition) is 1. The second kappa shape index (κ2) is 5.81. The summed E-state index contributed by atoms with van der Waals surface area (Å²) in [7, 11) is 3.14. The van der Waals surface area contributed by atoms with E-state index in [1.807, 2.05) is 6.07 Å². The highest BCUT2D eigenvalue weighted by Crippen LogP contribution is 2.26. The molecule has 1 N–H and O–H groups in total. The lowest BCUT2D eigenvalue weighted by Gasteiger charge is -2.33. The van der Waals surface area contributed by atoms with Gasteiger partial charge in [-0.3, -0.25) is 9.59 Å². The van der Waals surface area contributed by atoms with Crippen LogP contribution in [-0.4, -0.2) is 43.5 Å². The normalized spacial score (nSPS) is 18.8. The molecule has 0 aromatic heterocycles. The average molecular weight is 278 g/mol. The predicted molar refractivity (Wildman–Crippen MR) is 72.6 cm³/mol. The van der Waals surface area contributed by atoms with Gasteiger partial charge in [0.25, 0.3) is 0 Å². The highest BCUT2D eigenvalue weighted by Gasteiger charge is 2.31. The van der Waals surface area contributed by atoms with Crippen LogP contribution in [-0.2, 0) is 16.1 Å². The Hall–Kier alpha value is -2.24. The van der Waals surface area contributed by atoms with Gasteiger partial charge in [-0.1, -0.05) is 0 Å². The first kappa shape index (κ1) is 14.2. The van der Waals surface area contributed by atoms with Gasteiger partial charge in [0.15, 0.2) is 0 Å². The summed E-state index contributed by atoms with van der Waals surface area (Å²) in [6.07, 6.45) is 0. The maximum Gasteiger partial charge on any atom is 0.242 e. The largest absolute Gasteiger partial charge is 0.497 e. The Morgan fingerprint density at radius 2 is 2.05 bits per heavy atom. The summed E-state index contributed by atoms with van der Waals surface area (Å²) in [6.45, 7) is 2.09. The number of nitrogens with zero attached hydrogens (tertiary/aromatic N) is 1. The van der Waals surface area contributed by atoms with Crippen LogP contribution in [0, 0.1) is 0 Å². The molecule has 0 aliphatic carbocycles. The third-order valence-electron chi connectivity index (χ3n) is 3.42. The van der Waals surface area contributed by atoms with Crippen molar-refractivity contribution in [3.8, 4) is 11.5 Å². The summed E-state index contributed by atoms with van der Waals surface area (Å²) >= 11 is 0. The molecule has 1 aromatic carbocycles. The van der Waals surface area contributed by atoms with Crippen molar-refractivity contribution < 1.29 is 19.1 Å². The molecular formula is C14H18N2O4. The van der Waals surface area contributed by atoms with E-state index in [0.717, 1.165) is 5.56 Å². The van der Waals surface area contributed by atoms with E-state index in [9.17, 15) is 9.59 Å². The van der Waals surface area contributed by atoms with Crippen LogP contribution in [0.15, 0.2) is 18.2 Å². The number of hydrogen-bond acceptors (Lipinski definition) is 4. The van der Waals surface area contributed by atoms with Gasteiger partial charge in [-0.15, -0.1) is 0 Å². The summed E-state index contributed by atoms with van der Waals surface area (Å²) in [5.74, 6) is 1.07. The summed E-state index contributed by atoms with van der Waals surface area (Å²) in [6, 6.07) is 4.92. The zero-order chi connectivity index (χ0) is 14.7. The number of amides is 2. The van der Waals surface area contributed by atoms with Crippen molar-refractivity contribution in [1.82, 2.24) is 10.2 Å². The van der Waals surface area contributed by atoms with Crippen LogP contribution in [0.2, 0.25) is 0 Å². The van der Waals surface area contributed by atoms with Crippen molar-refractivity contribution >= 4 is 11.8 Å². The quantitative estimate of drug-likeness (QED) is 0.873. The zero-order valence-corrected chi connectivity index (χ0v) is 11.8. The number of piperazine rings is 1. The first-order valence-corrected chi connectivity index (χ1v) is 6.35. The van der Waals surface area contributed by atoms with E-state index in [2.05, 4.69) is 5.32 Å². The number of rotatable bonds is 4. The third kappa shape index (κ3) is 2.68. The molecule has 1 aliphatic rings. The molecule has 1 aromatic rings. The third-order valence-corrected chi connectivity index (χ3v) is 3.42. The molecule has 108 valence electrons. The van der Waals surface area contributed by atoms with Crippen LogP contribution in [0.3, 0.4) is 0 Å². The van der Waals surface area contributed by atoms with Crippen LogP contribution in [0.4, 0.5) is 0 Å². The molecule has 0 spiro atoms. The Balaban J connectivity index is 2.24. The maximum atomic E-state index is 11.9. The lowest BCUT2D eigenvalue weighted by atomic mass is 10.1. The molecule has 0 radical (unpaired) electrons. The second-order valence-electron chi connectivity index (χ2n) is 4.59. The van der Waals surface area contributed by atoms with Crippen molar-refractivity contribution in [2.24, 2.45) is 0 Å². The van der Waals surface area contributed by atoms with Crippen molar-refractivity contribution in [1.29, 1.82) is 0 Å². The first-order valence-electron chi connectivity index (χ1n) is 6.35. The molecule has 0 saturated carbocycles. The summed E-state index contributed by atoms with van der Waals surface area (Å²) in [5, 5.41) is 2.56. The average Bonchev–Trinajstić information content (AvgIpc) is 2.47. The number of nitrogens with one attached hydrogen (secondary N) is 1. The van der Waals surface area contributed by atoms with Gasteiger partial charge in [0.05, 0.1) is 27.3 Å². The highest BCUT2D eigenvalue weighted by molar-refractivity contribution is 5.94. The predicted octanol–water partition coefficient (Wildman–Crippen LogP) is 0.551. The van der Waals surface area contributed by atoms with Gasteiger partial charge in [0.2, 0.25) is 11.8 Å². The van der Waals surface area contributed by atoms with Crippen molar-refractivity contribution in [2.45, 2.75) is 19.5 Å². The molecule has 1 unspecified atom stereocenters. The van der Waals surface area contributed by atoms with E-state index in [1.54, 1.807) is 38.2 Å². The Labute approximate surface area is 117 Å². The molecule has 1 fully saturated rings. The van der Waals surface area contributed by atoms with Crippen molar-refractivity contribution in [2.75, 3.05) is 20.8 Å². The zero-order valence-electron chi connectivity index (χ0n) is 11.8. The van der Waals surface area contributed by atoms with E-state index in [0.29, 0.717) is 18.0 Å². The van der Waals surface area contributed by atoms with Gasteiger partial charge in [0, 0.05) is 11.6 Å². The monoisotopic (exact) mass is 278 g/mol. The summed E-state index contributed by atoms with van der Waals surface area (Å²) in [4.78, 5) is 25.1.